The Balaban J connectivity index is 1.74. The molecule has 2 rings (SSSR count). The summed E-state index contributed by atoms with van der Waals surface area (Å²) in [5.41, 5.74) is 1.17. The monoisotopic (exact) mass is 290 g/mol. The number of nitrogens with one attached hydrogen (secondary N) is 2. The summed E-state index contributed by atoms with van der Waals surface area (Å²) in [6.45, 7) is 0.542. The summed E-state index contributed by atoms with van der Waals surface area (Å²) in [4.78, 5) is 23.0. The molecule has 5 heteroatoms. The van der Waals surface area contributed by atoms with Gasteiger partial charge in [0.1, 0.15) is 0 Å². The molecule has 0 aliphatic heterocycles. The van der Waals surface area contributed by atoms with E-state index in [9.17, 15) is 14.7 Å². The molecule has 0 radical (unpaired) electrons. The largest absolute Gasteiger partial charge is 0.481 e. The highest BCUT2D eigenvalue weighted by atomic mass is 16.4. The molecule has 5 nitrogen and oxygen atoms in total. The lowest BCUT2D eigenvalue weighted by Crippen LogP contribution is -2.49. The molecule has 0 saturated heterocycles. The first-order valence-corrected chi connectivity index (χ1v) is 7.48. The Hall–Kier alpha value is -2.04. The van der Waals surface area contributed by atoms with Gasteiger partial charge >= 0.3 is 12.0 Å². The second-order valence-corrected chi connectivity index (χ2v) is 5.47. The first kappa shape index (κ1) is 15.4. The molecule has 3 N–H and O–H groups in total. The molecule has 1 aliphatic carbocycles. The molecule has 0 bridgehead atoms. The van der Waals surface area contributed by atoms with Gasteiger partial charge in [0.05, 0.1) is 5.92 Å². The van der Waals surface area contributed by atoms with E-state index in [1.165, 1.54) is 5.56 Å². The zero-order chi connectivity index (χ0) is 15.1. The quantitative estimate of drug-likeness (QED) is 0.777. The van der Waals surface area contributed by atoms with Gasteiger partial charge in [-0.1, -0.05) is 43.2 Å². The Labute approximate surface area is 124 Å². The van der Waals surface area contributed by atoms with Gasteiger partial charge in [0.15, 0.2) is 0 Å². The summed E-state index contributed by atoms with van der Waals surface area (Å²) < 4.78 is 0. The maximum Gasteiger partial charge on any atom is 0.315 e. The topological polar surface area (TPSA) is 78.4 Å². The molecule has 1 aromatic carbocycles. The van der Waals surface area contributed by atoms with Crippen molar-refractivity contribution >= 4 is 12.0 Å². The Morgan fingerprint density at radius 3 is 2.57 bits per heavy atom. The van der Waals surface area contributed by atoms with E-state index in [-0.39, 0.29) is 12.1 Å². The zero-order valence-corrected chi connectivity index (χ0v) is 12.0. The van der Waals surface area contributed by atoms with E-state index >= 15 is 0 Å². The average Bonchev–Trinajstić information content (AvgIpc) is 2.48. The van der Waals surface area contributed by atoms with Crippen molar-refractivity contribution in [2.45, 2.75) is 38.1 Å². The number of rotatable bonds is 5. The van der Waals surface area contributed by atoms with Gasteiger partial charge in [0.2, 0.25) is 0 Å². The van der Waals surface area contributed by atoms with Gasteiger partial charge in [-0.05, 0) is 24.8 Å². The van der Waals surface area contributed by atoms with Crippen molar-refractivity contribution in [3.8, 4) is 0 Å². The van der Waals surface area contributed by atoms with Crippen LogP contribution >= 0.6 is 0 Å². The number of hydrogen-bond donors (Lipinski definition) is 3. The predicted molar refractivity (Wildman–Crippen MR) is 80.1 cm³/mol. The molecular formula is C16H22N2O3. The van der Waals surface area contributed by atoms with Crippen molar-refractivity contribution in [2.75, 3.05) is 6.54 Å². The fourth-order valence-corrected chi connectivity index (χ4v) is 2.78. The van der Waals surface area contributed by atoms with Crippen LogP contribution in [0.25, 0.3) is 0 Å². The van der Waals surface area contributed by atoms with Crippen LogP contribution in [0.4, 0.5) is 4.79 Å². The molecule has 1 aromatic rings. The van der Waals surface area contributed by atoms with Crippen LogP contribution in [0.1, 0.15) is 31.2 Å². The number of carbonyl (C=O) groups excluding carboxylic acids is 1. The van der Waals surface area contributed by atoms with Crippen LogP contribution in [0.2, 0.25) is 0 Å². The van der Waals surface area contributed by atoms with E-state index in [0.717, 1.165) is 25.7 Å². The van der Waals surface area contributed by atoms with Crippen LogP contribution in [-0.4, -0.2) is 29.7 Å². The number of carbonyl (C=O) groups is 2. The van der Waals surface area contributed by atoms with Crippen molar-refractivity contribution in [3.05, 3.63) is 35.9 Å². The maximum absolute atomic E-state index is 11.9. The number of hydrogen-bond acceptors (Lipinski definition) is 2. The summed E-state index contributed by atoms with van der Waals surface area (Å²) in [6, 6.07) is 9.39. The number of urea groups is 1. The van der Waals surface area contributed by atoms with Crippen molar-refractivity contribution in [1.82, 2.24) is 10.6 Å². The molecule has 0 spiro atoms. The molecule has 2 atom stereocenters. The molecular weight excluding hydrogens is 268 g/mol. The highest BCUT2D eigenvalue weighted by Crippen LogP contribution is 2.24. The molecule has 1 fully saturated rings. The SMILES string of the molecule is O=C(NCCc1ccccc1)NC1CCCCC1C(=O)O. The van der Waals surface area contributed by atoms with Gasteiger partial charge in [0, 0.05) is 12.6 Å². The third kappa shape index (κ3) is 4.77. The lowest BCUT2D eigenvalue weighted by Gasteiger charge is -2.29. The Morgan fingerprint density at radius 2 is 1.86 bits per heavy atom. The lowest BCUT2D eigenvalue weighted by molar-refractivity contribution is -0.143. The molecule has 1 aliphatic rings. The van der Waals surface area contributed by atoms with Gasteiger partial charge in [0.25, 0.3) is 0 Å². The zero-order valence-electron chi connectivity index (χ0n) is 12.0. The van der Waals surface area contributed by atoms with Crippen molar-refractivity contribution in [3.63, 3.8) is 0 Å². The maximum atomic E-state index is 11.9. The van der Waals surface area contributed by atoms with Crippen molar-refractivity contribution in [2.24, 2.45) is 5.92 Å². The minimum Gasteiger partial charge on any atom is -0.481 e. The summed E-state index contributed by atoms with van der Waals surface area (Å²) in [5.74, 6) is -1.28. The second kappa shape index (κ2) is 7.67. The fraction of sp³-hybridized carbons (Fsp3) is 0.500. The molecule has 21 heavy (non-hydrogen) atoms. The standard InChI is InChI=1S/C16H22N2O3/c19-15(20)13-8-4-5-9-14(13)18-16(21)17-11-10-12-6-2-1-3-7-12/h1-3,6-7,13-14H,4-5,8-11H2,(H,19,20)(H2,17,18,21). The normalized spacial score (nSPS) is 21.5. The molecule has 2 unspecified atom stereocenters. The van der Waals surface area contributed by atoms with Crippen molar-refractivity contribution in [1.29, 1.82) is 0 Å². The predicted octanol–water partition coefficient (Wildman–Crippen LogP) is 2.17. The Morgan fingerprint density at radius 1 is 1.14 bits per heavy atom. The molecule has 1 saturated carbocycles. The highest BCUT2D eigenvalue weighted by molar-refractivity contribution is 5.76. The molecule has 2 amide bonds. The van der Waals surface area contributed by atoms with E-state index in [0.29, 0.717) is 13.0 Å². The second-order valence-electron chi connectivity index (χ2n) is 5.47. The lowest BCUT2D eigenvalue weighted by atomic mass is 9.84. The minimum absolute atomic E-state index is 0.257. The van der Waals surface area contributed by atoms with Gasteiger partial charge in [-0.25, -0.2) is 4.79 Å². The van der Waals surface area contributed by atoms with E-state index in [1.54, 1.807) is 0 Å². The summed E-state index contributed by atoms with van der Waals surface area (Å²) in [7, 11) is 0. The van der Waals surface area contributed by atoms with E-state index in [2.05, 4.69) is 10.6 Å². The van der Waals surface area contributed by atoms with Gasteiger partial charge in [-0.3, -0.25) is 4.79 Å². The number of carboxylic acids is 1. The highest BCUT2D eigenvalue weighted by Gasteiger charge is 2.31. The Kier molecular flexibility index (Phi) is 5.60. The van der Waals surface area contributed by atoms with Crippen LogP contribution in [0, 0.1) is 5.92 Å². The third-order valence-corrected chi connectivity index (χ3v) is 3.94. The first-order chi connectivity index (χ1) is 10.2. The Bertz CT molecular complexity index is 476. The minimum atomic E-state index is -0.815. The van der Waals surface area contributed by atoms with E-state index in [4.69, 9.17) is 0 Å². The van der Waals surface area contributed by atoms with Gasteiger partial charge < -0.3 is 15.7 Å². The van der Waals surface area contributed by atoms with Crippen LogP contribution in [0.15, 0.2) is 30.3 Å². The number of aliphatic carboxylic acids is 1. The van der Waals surface area contributed by atoms with Gasteiger partial charge in [-0.2, -0.15) is 0 Å². The van der Waals surface area contributed by atoms with Crippen LogP contribution in [0.3, 0.4) is 0 Å². The van der Waals surface area contributed by atoms with Crippen LogP contribution < -0.4 is 10.6 Å². The number of benzene rings is 1. The molecule has 114 valence electrons. The molecule has 0 heterocycles. The van der Waals surface area contributed by atoms with Crippen LogP contribution in [-0.2, 0) is 11.2 Å². The van der Waals surface area contributed by atoms with Crippen LogP contribution in [0.5, 0.6) is 0 Å². The first-order valence-electron chi connectivity index (χ1n) is 7.48. The van der Waals surface area contributed by atoms with Crippen molar-refractivity contribution < 1.29 is 14.7 Å². The average molecular weight is 290 g/mol. The summed E-state index contributed by atoms with van der Waals surface area (Å²) in [5, 5.41) is 14.8. The van der Waals surface area contributed by atoms with E-state index in [1.807, 2.05) is 30.3 Å². The number of amides is 2. The summed E-state index contributed by atoms with van der Waals surface area (Å²) in [6.07, 6.45) is 4.04. The summed E-state index contributed by atoms with van der Waals surface area (Å²) >= 11 is 0. The smallest absolute Gasteiger partial charge is 0.315 e. The van der Waals surface area contributed by atoms with Gasteiger partial charge in [-0.15, -0.1) is 0 Å². The third-order valence-electron chi connectivity index (χ3n) is 3.94. The molecule has 0 aromatic heterocycles. The van der Waals surface area contributed by atoms with E-state index < -0.39 is 11.9 Å². The fourth-order valence-electron chi connectivity index (χ4n) is 2.78. The number of carboxylic acid groups (broad SMARTS) is 1.